The average Bonchev–Trinajstić information content (AvgIpc) is 2.86. The standard InChI is InChI=1S/C26H31F3N6O/c1-35(2)13-12-31-25(33-16-30)32-15-19-9-10-20-23(17-6-4-3-5-7-17)34-22-11-8-18(26(27,28)29)14-21(22)24(20)36-19/h3-8,11,14,19-20,23-24,34H,9-10,12-13,15H2,1-2H3,(H2,31,32,33)/t19-,20+,23+,24+/m1/s1. The van der Waals surface area contributed by atoms with Gasteiger partial charge in [-0.2, -0.15) is 18.4 Å². The Hall–Kier alpha value is -3.29. The first-order valence-electron chi connectivity index (χ1n) is 12.0. The molecule has 192 valence electrons. The number of nitrogens with one attached hydrogen (secondary N) is 3. The number of anilines is 1. The number of ether oxygens (including phenoxy) is 1. The second kappa shape index (κ2) is 11.2. The summed E-state index contributed by atoms with van der Waals surface area (Å²) in [4.78, 5) is 5.81. The van der Waals surface area contributed by atoms with E-state index in [1.54, 1.807) is 6.19 Å². The lowest BCUT2D eigenvalue weighted by Gasteiger charge is -2.46. The van der Waals surface area contributed by atoms with E-state index in [0.29, 0.717) is 30.3 Å². The Labute approximate surface area is 209 Å². The van der Waals surface area contributed by atoms with Crippen LogP contribution in [0.15, 0.2) is 53.5 Å². The molecule has 0 spiro atoms. The van der Waals surface area contributed by atoms with Crippen molar-refractivity contribution in [1.82, 2.24) is 15.5 Å². The second-order valence-corrected chi connectivity index (χ2v) is 9.42. The Morgan fingerprint density at radius 3 is 2.64 bits per heavy atom. The molecule has 0 amide bonds. The van der Waals surface area contributed by atoms with Crippen LogP contribution in [0.2, 0.25) is 0 Å². The molecule has 0 aromatic heterocycles. The fourth-order valence-electron chi connectivity index (χ4n) is 4.87. The summed E-state index contributed by atoms with van der Waals surface area (Å²) in [6, 6.07) is 13.7. The lowest BCUT2D eigenvalue weighted by Crippen LogP contribution is -2.46. The molecule has 0 unspecified atom stereocenters. The van der Waals surface area contributed by atoms with Crippen molar-refractivity contribution in [3.05, 3.63) is 65.2 Å². The van der Waals surface area contributed by atoms with Gasteiger partial charge in [-0.15, -0.1) is 4.99 Å². The zero-order valence-electron chi connectivity index (χ0n) is 20.3. The number of rotatable bonds is 6. The van der Waals surface area contributed by atoms with Gasteiger partial charge >= 0.3 is 6.18 Å². The Morgan fingerprint density at radius 2 is 1.94 bits per heavy atom. The first kappa shape index (κ1) is 25.8. The molecule has 0 saturated carbocycles. The fraction of sp³-hybridized carbons (Fsp3) is 0.462. The monoisotopic (exact) mass is 500 g/mol. The maximum atomic E-state index is 13.5. The smallest absolute Gasteiger partial charge is 0.378 e. The van der Waals surface area contributed by atoms with Crippen molar-refractivity contribution in [2.75, 3.05) is 39.0 Å². The molecule has 2 heterocycles. The van der Waals surface area contributed by atoms with Gasteiger partial charge in [-0.1, -0.05) is 30.3 Å². The molecule has 2 aliphatic heterocycles. The van der Waals surface area contributed by atoms with Gasteiger partial charge in [0, 0.05) is 36.8 Å². The van der Waals surface area contributed by atoms with Gasteiger partial charge in [0.05, 0.1) is 23.8 Å². The van der Waals surface area contributed by atoms with Gasteiger partial charge in [0.25, 0.3) is 0 Å². The highest BCUT2D eigenvalue weighted by Gasteiger charge is 2.43. The van der Waals surface area contributed by atoms with Gasteiger partial charge in [0.2, 0.25) is 12.2 Å². The van der Waals surface area contributed by atoms with Crippen LogP contribution in [0, 0.1) is 17.4 Å². The maximum absolute atomic E-state index is 13.5. The number of alkyl halides is 3. The van der Waals surface area contributed by atoms with Gasteiger partial charge in [-0.3, -0.25) is 0 Å². The quantitative estimate of drug-likeness (QED) is 0.312. The van der Waals surface area contributed by atoms with E-state index in [9.17, 15) is 13.2 Å². The van der Waals surface area contributed by atoms with Crippen LogP contribution in [0.3, 0.4) is 0 Å². The van der Waals surface area contributed by atoms with Crippen LogP contribution >= 0.6 is 0 Å². The SMILES string of the molecule is CN(C)CCN/C(=N/C#N)NC[C@H]1CC[C@@H]2[C@H](O1)c1cc(C(F)(F)F)ccc1N[C@H]2c1ccccc1. The number of nitrogens with zero attached hydrogens (tertiary/aromatic N) is 3. The lowest BCUT2D eigenvalue weighted by atomic mass is 9.76. The van der Waals surface area contributed by atoms with Crippen LogP contribution in [0.4, 0.5) is 18.9 Å². The van der Waals surface area contributed by atoms with E-state index < -0.39 is 17.8 Å². The van der Waals surface area contributed by atoms with Crippen LogP contribution in [0.25, 0.3) is 0 Å². The topological polar surface area (TPSA) is 84.7 Å². The number of hydrogen-bond acceptors (Lipinski definition) is 5. The van der Waals surface area contributed by atoms with Crippen LogP contribution in [0.1, 0.15) is 41.7 Å². The third-order valence-electron chi connectivity index (χ3n) is 6.64. The van der Waals surface area contributed by atoms with Crippen molar-refractivity contribution in [3.63, 3.8) is 0 Å². The van der Waals surface area contributed by atoms with Crippen LogP contribution in [-0.4, -0.2) is 50.7 Å². The first-order valence-corrected chi connectivity index (χ1v) is 12.0. The molecule has 2 aromatic carbocycles. The van der Waals surface area contributed by atoms with Crippen molar-refractivity contribution in [3.8, 4) is 6.19 Å². The third-order valence-corrected chi connectivity index (χ3v) is 6.64. The molecule has 2 aliphatic rings. The zero-order valence-corrected chi connectivity index (χ0v) is 20.3. The summed E-state index contributed by atoms with van der Waals surface area (Å²) in [5, 5.41) is 18.7. The minimum Gasteiger partial charge on any atom is -0.378 e. The van der Waals surface area contributed by atoms with Crippen LogP contribution in [-0.2, 0) is 10.9 Å². The Bertz CT molecular complexity index is 1100. The predicted molar refractivity (Wildman–Crippen MR) is 132 cm³/mol. The van der Waals surface area contributed by atoms with E-state index in [-0.39, 0.29) is 18.1 Å². The van der Waals surface area contributed by atoms with Crippen molar-refractivity contribution in [2.45, 2.75) is 37.3 Å². The molecule has 4 atom stereocenters. The van der Waals surface area contributed by atoms with Gasteiger partial charge < -0.3 is 25.6 Å². The van der Waals surface area contributed by atoms with E-state index >= 15 is 0 Å². The third kappa shape index (κ3) is 6.09. The molecule has 36 heavy (non-hydrogen) atoms. The molecular formula is C26H31F3N6O. The van der Waals surface area contributed by atoms with Crippen molar-refractivity contribution in [1.29, 1.82) is 5.26 Å². The number of aliphatic imine (C=N–C) groups is 1. The number of benzene rings is 2. The molecule has 1 fully saturated rings. The number of fused-ring (bicyclic) bond motifs is 3. The predicted octanol–water partition coefficient (Wildman–Crippen LogP) is 4.29. The number of hydrogen-bond donors (Lipinski definition) is 3. The Kier molecular flexibility index (Phi) is 8.01. The summed E-state index contributed by atoms with van der Waals surface area (Å²) in [5.41, 5.74) is 1.58. The van der Waals surface area contributed by atoms with Crippen molar-refractivity contribution < 1.29 is 17.9 Å². The largest absolute Gasteiger partial charge is 0.416 e. The minimum atomic E-state index is -4.43. The van der Waals surface area contributed by atoms with E-state index in [2.05, 4.69) is 20.9 Å². The maximum Gasteiger partial charge on any atom is 0.416 e. The summed E-state index contributed by atoms with van der Waals surface area (Å²) in [6.45, 7) is 1.76. The normalized spacial score (nSPS) is 23.8. The number of halogens is 3. The van der Waals surface area contributed by atoms with Gasteiger partial charge in [0.15, 0.2) is 0 Å². The molecule has 0 bridgehead atoms. The van der Waals surface area contributed by atoms with E-state index in [4.69, 9.17) is 10.00 Å². The fourth-order valence-corrected chi connectivity index (χ4v) is 4.87. The number of likely N-dealkylation sites (N-methyl/N-ethyl adjacent to an activating group) is 1. The van der Waals surface area contributed by atoms with Gasteiger partial charge in [0.1, 0.15) is 0 Å². The summed E-state index contributed by atoms with van der Waals surface area (Å²) >= 11 is 0. The zero-order chi connectivity index (χ0) is 25.7. The second-order valence-electron chi connectivity index (χ2n) is 9.42. The Balaban J connectivity index is 1.54. The van der Waals surface area contributed by atoms with Crippen LogP contribution in [0.5, 0.6) is 0 Å². The summed E-state index contributed by atoms with van der Waals surface area (Å²) in [5.74, 6) is 0.336. The molecule has 4 rings (SSSR count). The van der Waals surface area contributed by atoms with E-state index in [1.807, 2.05) is 49.3 Å². The van der Waals surface area contributed by atoms with Gasteiger partial charge in [-0.05, 0) is 50.7 Å². The Morgan fingerprint density at radius 1 is 1.17 bits per heavy atom. The highest BCUT2D eigenvalue weighted by Crippen LogP contribution is 2.51. The number of guanidine groups is 1. The molecular weight excluding hydrogens is 469 g/mol. The minimum absolute atomic E-state index is 0.0231. The molecule has 10 heteroatoms. The molecule has 2 aromatic rings. The average molecular weight is 501 g/mol. The summed E-state index contributed by atoms with van der Waals surface area (Å²) in [7, 11) is 3.90. The molecule has 7 nitrogen and oxygen atoms in total. The van der Waals surface area contributed by atoms with Crippen molar-refractivity contribution >= 4 is 11.6 Å². The van der Waals surface area contributed by atoms with E-state index in [1.165, 1.54) is 12.1 Å². The first-order chi connectivity index (χ1) is 17.3. The lowest BCUT2D eigenvalue weighted by molar-refractivity contribution is -0.138. The molecule has 3 N–H and O–H groups in total. The summed E-state index contributed by atoms with van der Waals surface area (Å²) in [6.07, 6.45) is -1.88. The molecule has 0 radical (unpaired) electrons. The van der Waals surface area contributed by atoms with Crippen LogP contribution < -0.4 is 16.0 Å². The highest BCUT2D eigenvalue weighted by atomic mass is 19.4. The molecule has 1 saturated heterocycles. The number of nitriles is 1. The van der Waals surface area contributed by atoms with E-state index in [0.717, 1.165) is 31.0 Å². The van der Waals surface area contributed by atoms with Crippen molar-refractivity contribution in [2.24, 2.45) is 10.9 Å². The highest BCUT2D eigenvalue weighted by molar-refractivity contribution is 5.80. The van der Waals surface area contributed by atoms with Gasteiger partial charge in [-0.25, -0.2) is 0 Å². The molecule has 0 aliphatic carbocycles. The summed E-state index contributed by atoms with van der Waals surface area (Å²) < 4.78 is 47.0.